The number of urea groups is 1. The number of thiazole rings is 1. The molecule has 0 aromatic carbocycles. The summed E-state index contributed by atoms with van der Waals surface area (Å²) in [5.41, 5.74) is 0. The summed E-state index contributed by atoms with van der Waals surface area (Å²) in [6, 6.07) is 0.120. The molecule has 5 heteroatoms. The number of anilines is 1. The number of aromatic nitrogens is 1. The summed E-state index contributed by atoms with van der Waals surface area (Å²) in [5.74, 6) is 0.678. The van der Waals surface area contributed by atoms with E-state index in [1.165, 1.54) is 24.2 Å². The summed E-state index contributed by atoms with van der Waals surface area (Å²) < 4.78 is 0. The summed E-state index contributed by atoms with van der Waals surface area (Å²) in [7, 11) is 0. The van der Waals surface area contributed by atoms with E-state index in [0.717, 1.165) is 0 Å². The zero-order valence-electron chi connectivity index (χ0n) is 7.99. The van der Waals surface area contributed by atoms with Crippen molar-refractivity contribution in [2.24, 2.45) is 5.92 Å². The quantitative estimate of drug-likeness (QED) is 0.804. The number of carbonyl (C=O) groups excluding carboxylic acids is 1. The normalized spacial score (nSPS) is 17.5. The van der Waals surface area contributed by atoms with Crippen LogP contribution in [0.1, 0.15) is 19.8 Å². The second-order valence-electron chi connectivity index (χ2n) is 3.56. The van der Waals surface area contributed by atoms with Crippen LogP contribution in [0, 0.1) is 5.92 Å². The minimum atomic E-state index is -0.153. The van der Waals surface area contributed by atoms with E-state index in [2.05, 4.69) is 15.6 Å². The summed E-state index contributed by atoms with van der Waals surface area (Å²) in [4.78, 5) is 15.4. The summed E-state index contributed by atoms with van der Waals surface area (Å²) in [6.07, 6.45) is 4.14. The Morgan fingerprint density at radius 2 is 2.50 bits per heavy atom. The van der Waals surface area contributed by atoms with Crippen molar-refractivity contribution < 1.29 is 4.79 Å². The van der Waals surface area contributed by atoms with Crippen LogP contribution in [0.5, 0.6) is 0 Å². The monoisotopic (exact) mass is 211 g/mol. The van der Waals surface area contributed by atoms with Gasteiger partial charge in [0.1, 0.15) is 0 Å². The van der Waals surface area contributed by atoms with E-state index < -0.39 is 0 Å². The molecule has 0 spiro atoms. The SMILES string of the molecule is C[C@@H](NC(=O)Nc1nccs1)C1CC1. The Morgan fingerprint density at radius 1 is 1.71 bits per heavy atom. The molecule has 76 valence electrons. The third-order valence-electron chi connectivity index (χ3n) is 2.34. The molecule has 1 aliphatic carbocycles. The standard InChI is InChI=1S/C9H13N3OS/c1-6(7-2-3-7)11-8(13)12-9-10-4-5-14-9/h4-7H,2-3H2,1H3,(H2,10,11,12,13)/t6-/m1/s1. The molecule has 2 rings (SSSR count). The lowest BCUT2D eigenvalue weighted by Gasteiger charge is -2.12. The Hall–Kier alpha value is -1.10. The molecule has 2 N–H and O–H groups in total. The van der Waals surface area contributed by atoms with Crippen LogP contribution in [0.4, 0.5) is 9.93 Å². The van der Waals surface area contributed by atoms with Crippen LogP contribution in [-0.2, 0) is 0 Å². The Morgan fingerprint density at radius 3 is 3.07 bits per heavy atom. The summed E-state index contributed by atoms with van der Waals surface area (Å²) in [6.45, 7) is 2.04. The van der Waals surface area contributed by atoms with E-state index in [4.69, 9.17) is 0 Å². The molecule has 1 atom stereocenters. The molecule has 0 radical (unpaired) electrons. The summed E-state index contributed by atoms with van der Waals surface area (Å²) >= 11 is 1.42. The molecule has 1 aromatic rings. The predicted molar refractivity (Wildman–Crippen MR) is 56.5 cm³/mol. The molecular formula is C9H13N3OS. The Kier molecular flexibility index (Phi) is 2.67. The van der Waals surface area contributed by atoms with Gasteiger partial charge in [-0.3, -0.25) is 5.32 Å². The van der Waals surface area contributed by atoms with Gasteiger partial charge in [-0.25, -0.2) is 9.78 Å². The molecule has 0 aliphatic heterocycles. The molecule has 4 nitrogen and oxygen atoms in total. The number of hydrogen-bond acceptors (Lipinski definition) is 3. The van der Waals surface area contributed by atoms with Crippen molar-refractivity contribution >= 4 is 22.5 Å². The largest absolute Gasteiger partial charge is 0.335 e. The van der Waals surface area contributed by atoms with Gasteiger partial charge in [0.15, 0.2) is 5.13 Å². The van der Waals surface area contributed by atoms with Crippen LogP contribution in [-0.4, -0.2) is 17.1 Å². The summed E-state index contributed by atoms with van der Waals surface area (Å²) in [5, 5.41) is 8.07. The molecule has 1 aromatic heterocycles. The third-order valence-corrected chi connectivity index (χ3v) is 3.03. The minimum absolute atomic E-state index is 0.153. The highest BCUT2D eigenvalue weighted by Crippen LogP contribution is 2.32. The van der Waals surface area contributed by atoms with Crippen LogP contribution in [0.25, 0.3) is 0 Å². The zero-order chi connectivity index (χ0) is 9.97. The molecule has 1 fully saturated rings. The fourth-order valence-corrected chi connectivity index (χ4v) is 1.86. The smallest absolute Gasteiger partial charge is 0.321 e. The number of carbonyl (C=O) groups is 1. The van der Waals surface area contributed by atoms with Crippen molar-refractivity contribution in [1.82, 2.24) is 10.3 Å². The number of hydrogen-bond donors (Lipinski definition) is 2. The number of nitrogens with one attached hydrogen (secondary N) is 2. The Labute approximate surface area is 86.7 Å². The number of nitrogens with zero attached hydrogens (tertiary/aromatic N) is 1. The fraction of sp³-hybridized carbons (Fsp3) is 0.556. The van der Waals surface area contributed by atoms with Crippen molar-refractivity contribution in [3.63, 3.8) is 0 Å². The molecule has 14 heavy (non-hydrogen) atoms. The van der Waals surface area contributed by atoms with E-state index in [1.807, 2.05) is 12.3 Å². The van der Waals surface area contributed by atoms with Crippen molar-refractivity contribution in [3.05, 3.63) is 11.6 Å². The van der Waals surface area contributed by atoms with Crippen molar-refractivity contribution in [2.75, 3.05) is 5.32 Å². The average Bonchev–Trinajstić information content (AvgIpc) is 2.87. The lowest BCUT2D eigenvalue weighted by Crippen LogP contribution is -2.37. The maximum Gasteiger partial charge on any atom is 0.321 e. The first-order chi connectivity index (χ1) is 6.75. The van der Waals surface area contributed by atoms with Crippen molar-refractivity contribution in [1.29, 1.82) is 0 Å². The molecule has 2 amide bonds. The molecule has 0 unspecified atom stereocenters. The molecular weight excluding hydrogens is 198 g/mol. The molecule has 0 saturated heterocycles. The van der Waals surface area contributed by atoms with Gasteiger partial charge >= 0.3 is 6.03 Å². The van der Waals surface area contributed by atoms with E-state index in [9.17, 15) is 4.79 Å². The lowest BCUT2D eigenvalue weighted by molar-refractivity contribution is 0.248. The highest BCUT2D eigenvalue weighted by atomic mass is 32.1. The Balaban J connectivity index is 1.78. The van der Waals surface area contributed by atoms with Gasteiger partial charge in [-0.1, -0.05) is 0 Å². The van der Waals surface area contributed by atoms with Crippen LogP contribution >= 0.6 is 11.3 Å². The molecule has 1 aliphatic rings. The fourth-order valence-electron chi connectivity index (χ4n) is 1.34. The van der Waals surface area contributed by atoms with Gasteiger partial charge in [0, 0.05) is 17.6 Å². The molecule has 0 bridgehead atoms. The molecule has 1 heterocycles. The third kappa shape index (κ3) is 2.45. The van der Waals surface area contributed by atoms with Crippen LogP contribution < -0.4 is 10.6 Å². The molecule has 1 saturated carbocycles. The van der Waals surface area contributed by atoms with Crippen LogP contribution in [0.3, 0.4) is 0 Å². The minimum Gasteiger partial charge on any atom is -0.335 e. The highest BCUT2D eigenvalue weighted by Gasteiger charge is 2.28. The van der Waals surface area contributed by atoms with Gasteiger partial charge in [-0.2, -0.15) is 0 Å². The first kappa shape index (κ1) is 9.45. The first-order valence-electron chi connectivity index (χ1n) is 4.72. The number of amides is 2. The lowest BCUT2D eigenvalue weighted by atomic mass is 10.2. The van der Waals surface area contributed by atoms with Gasteiger partial charge < -0.3 is 5.32 Å². The Bertz CT molecular complexity index is 308. The van der Waals surface area contributed by atoms with E-state index in [1.54, 1.807) is 6.20 Å². The van der Waals surface area contributed by atoms with Crippen molar-refractivity contribution in [2.45, 2.75) is 25.8 Å². The van der Waals surface area contributed by atoms with Gasteiger partial charge in [0.25, 0.3) is 0 Å². The number of rotatable bonds is 3. The van der Waals surface area contributed by atoms with Crippen LogP contribution in [0.15, 0.2) is 11.6 Å². The van der Waals surface area contributed by atoms with Gasteiger partial charge in [-0.05, 0) is 25.7 Å². The van der Waals surface area contributed by atoms with Crippen molar-refractivity contribution in [3.8, 4) is 0 Å². The maximum atomic E-state index is 11.4. The highest BCUT2D eigenvalue weighted by molar-refractivity contribution is 7.13. The van der Waals surface area contributed by atoms with Gasteiger partial charge in [-0.15, -0.1) is 11.3 Å². The zero-order valence-corrected chi connectivity index (χ0v) is 8.80. The van der Waals surface area contributed by atoms with Gasteiger partial charge in [0.2, 0.25) is 0 Å². The van der Waals surface area contributed by atoms with Gasteiger partial charge in [0.05, 0.1) is 0 Å². The second kappa shape index (κ2) is 3.96. The average molecular weight is 211 g/mol. The maximum absolute atomic E-state index is 11.4. The van der Waals surface area contributed by atoms with E-state index in [0.29, 0.717) is 11.0 Å². The predicted octanol–water partition coefficient (Wildman–Crippen LogP) is 2.06. The van der Waals surface area contributed by atoms with E-state index >= 15 is 0 Å². The topological polar surface area (TPSA) is 54.0 Å². The van der Waals surface area contributed by atoms with E-state index in [-0.39, 0.29) is 12.1 Å². The first-order valence-corrected chi connectivity index (χ1v) is 5.60. The van der Waals surface area contributed by atoms with Crippen LogP contribution in [0.2, 0.25) is 0 Å². The second-order valence-corrected chi connectivity index (χ2v) is 4.46.